The number of likely N-dealkylation sites (tertiary alicyclic amines) is 1. The fraction of sp³-hybridized carbons (Fsp3) is 0.435. The van der Waals surface area contributed by atoms with Crippen molar-refractivity contribution in [3.05, 3.63) is 54.6 Å². The number of nitrogens with one attached hydrogen (secondary N) is 1. The second-order valence-electron chi connectivity index (χ2n) is 8.59. The van der Waals surface area contributed by atoms with Crippen LogP contribution in [0.1, 0.15) is 31.6 Å². The molecule has 0 saturated carbocycles. The molecule has 2 aliphatic heterocycles. The third-order valence-electron chi connectivity index (χ3n) is 6.40. The first-order valence-corrected chi connectivity index (χ1v) is 11.1. The van der Waals surface area contributed by atoms with Crippen LogP contribution in [0.15, 0.2) is 47.4 Å². The number of carbonyl (C=O) groups excluding carboxylic acids is 1. The van der Waals surface area contributed by atoms with Gasteiger partial charge in [0.15, 0.2) is 0 Å². The number of aromatic nitrogens is 4. The topological polar surface area (TPSA) is 106 Å². The van der Waals surface area contributed by atoms with Gasteiger partial charge in [-0.25, -0.2) is 14.2 Å². The van der Waals surface area contributed by atoms with Crippen molar-refractivity contribution in [3.8, 4) is 11.5 Å². The van der Waals surface area contributed by atoms with Crippen LogP contribution in [0.5, 0.6) is 0 Å². The first kappa shape index (κ1) is 21.4. The minimum absolute atomic E-state index is 0.192. The molecule has 1 aromatic carbocycles. The molecule has 0 radical (unpaired) electrons. The summed E-state index contributed by atoms with van der Waals surface area (Å²) < 4.78 is 25.5. The molecule has 33 heavy (non-hydrogen) atoms. The van der Waals surface area contributed by atoms with E-state index >= 15 is 0 Å². The predicted molar refractivity (Wildman–Crippen MR) is 117 cm³/mol. The van der Waals surface area contributed by atoms with Gasteiger partial charge in [0.05, 0.1) is 17.5 Å². The van der Waals surface area contributed by atoms with Gasteiger partial charge in [0.2, 0.25) is 11.7 Å². The summed E-state index contributed by atoms with van der Waals surface area (Å²) >= 11 is 0. The van der Waals surface area contributed by atoms with Crippen LogP contribution in [0.2, 0.25) is 0 Å². The van der Waals surface area contributed by atoms with Crippen LogP contribution < -0.4 is 5.32 Å². The maximum atomic E-state index is 13.8. The zero-order valence-corrected chi connectivity index (χ0v) is 18.1. The number of amides is 2. The van der Waals surface area contributed by atoms with E-state index in [2.05, 4.69) is 25.4 Å². The van der Waals surface area contributed by atoms with Crippen molar-refractivity contribution in [2.24, 2.45) is 5.92 Å². The van der Waals surface area contributed by atoms with E-state index in [0.29, 0.717) is 49.4 Å². The highest BCUT2D eigenvalue weighted by Gasteiger charge is 2.41. The Morgan fingerprint density at radius 1 is 1.24 bits per heavy atom. The van der Waals surface area contributed by atoms with E-state index in [4.69, 9.17) is 9.26 Å². The summed E-state index contributed by atoms with van der Waals surface area (Å²) in [5, 5.41) is 6.69. The maximum absolute atomic E-state index is 13.8. The molecule has 2 saturated heterocycles. The number of carbonyl (C=O) groups is 1. The molecule has 3 aromatic rings. The Morgan fingerprint density at radius 3 is 2.88 bits per heavy atom. The van der Waals surface area contributed by atoms with Crippen LogP contribution >= 0.6 is 0 Å². The van der Waals surface area contributed by atoms with E-state index in [1.54, 1.807) is 41.7 Å². The number of ether oxygens (including phenoxy) is 1. The molecule has 0 bridgehead atoms. The molecule has 10 heteroatoms. The number of rotatable bonds is 4. The zero-order valence-electron chi connectivity index (χ0n) is 18.1. The zero-order chi connectivity index (χ0) is 22.7. The summed E-state index contributed by atoms with van der Waals surface area (Å²) in [6, 6.07) is 5.89. The molecule has 1 unspecified atom stereocenters. The van der Waals surface area contributed by atoms with E-state index in [0.717, 1.165) is 25.7 Å². The number of halogens is 1. The molecule has 2 aliphatic rings. The second-order valence-corrected chi connectivity index (χ2v) is 8.59. The van der Waals surface area contributed by atoms with Gasteiger partial charge in [0.25, 0.3) is 0 Å². The Kier molecular flexibility index (Phi) is 5.99. The van der Waals surface area contributed by atoms with E-state index in [1.165, 1.54) is 6.07 Å². The lowest BCUT2D eigenvalue weighted by molar-refractivity contribution is -0.123. The smallest absolute Gasteiger partial charge is 0.321 e. The first-order chi connectivity index (χ1) is 16.1. The Morgan fingerprint density at radius 2 is 2.09 bits per heavy atom. The third kappa shape index (κ3) is 4.85. The lowest BCUT2D eigenvalue weighted by Crippen LogP contribution is -2.51. The molecular weight excluding hydrogens is 427 g/mol. The van der Waals surface area contributed by atoms with Gasteiger partial charge in [-0.2, -0.15) is 4.98 Å². The Balaban J connectivity index is 1.16. The van der Waals surface area contributed by atoms with Crippen molar-refractivity contribution in [1.82, 2.24) is 25.0 Å². The fourth-order valence-corrected chi connectivity index (χ4v) is 4.63. The number of anilines is 1. The van der Waals surface area contributed by atoms with Crippen molar-refractivity contribution in [1.29, 1.82) is 0 Å². The molecule has 2 amide bonds. The number of piperidine rings is 1. The molecule has 0 aliphatic carbocycles. The van der Waals surface area contributed by atoms with Crippen LogP contribution in [-0.2, 0) is 11.2 Å². The molecule has 1 atom stereocenters. The molecule has 9 nitrogen and oxygen atoms in total. The molecular formula is C23H25FN6O3. The quantitative estimate of drug-likeness (QED) is 0.643. The van der Waals surface area contributed by atoms with Crippen molar-refractivity contribution >= 4 is 11.7 Å². The Hall–Kier alpha value is -3.40. The highest BCUT2D eigenvalue weighted by Crippen LogP contribution is 2.39. The molecule has 172 valence electrons. The summed E-state index contributed by atoms with van der Waals surface area (Å²) in [6.45, 7) is 1.78. The van der Waals surface area contributed by atoms with E-state index < -0.39 is 5.82 Å². The molecule has 4 heterocycles. The Bertz CT molecular complexity index is 1100. The average molecular weight is 452 g/mol. The van der Waals surface area contributed by atoms with Gasteiger partial charge in [-0.15, -0.1) is 0 Å². The van der Waals surface area contributed by atoms with Crippen LogP contribution in [0.3, 0.4) is 0 Å². The molecule has 2 aromatic heterocycles. The number of urea groups is 1. The van der Waals surface area contributed by atoms with Crippen molar-refractivity contribution < 1.29 is 18.4 Å². The molecule has 1 spiro atoms. The fourth-order valence-electron chi connectivity index (χ4n) is 4.63. The van der Waals surface area contributed by atoms with Gasteiger partial charge in [-0.1, -0.05) is 17.3 Å². The number of nitrogens with zero attached hydrogens (tertiary/aromatic N) is 5. The highest BCUT2D eigenvalue weighted by atomic mass is 19.1. The van der Waals surface area contributed by atoms with Gasteiger partial charge < -0.3 is 19.5 Å². The van der Waals surface area contributed by atoms with E-state index in [-0.39, 0.29) is 17.3 Å². The van der Waals surface area contributed by atoms with E-state index in [9.17, 15) is 9.18 Å². The van der Waals surface area contributed by atoms with Crippen molar-refractivity contribution in [3.63, 3.8) is 0 Å². The summed E-state index contributed by atoms with van der Waals surface area (Å²) in [5.74, 6) is 0.933. The number of benzene rings is 1. The minimum atomic E-state index is -0.443. The van der Waals surface area contributed by atoms with Gasteiger partial charge in [-0.05, 0) is 43.7 Å². The van der Waals surface area contributed by atoms with Gasteiger partial charge in [0.1, 0.15) is 11.5 Å². The normalized spacial score (nSPS) is 20.0. The van der Waals surface area contributed by atoms with Gasteiger partial charge >= 0.3 is 6.03 Å². The van der Waals surface area contributed by atoms with E-state index in [1.807, 2.05) is 0 Å². The number of hydrogen-bond donors (Lipinski definition) is 1. The van der Waals surface area contributed by atoms with Gasteiger partial charge in [-0.3, -0.25) is 4.98 Å². The predicted octanol–water partition coefficient (Wildman–Crippen LogP) is 3.70. The second kappa shape index (κ2) is 9.22. The van der Waals surface area contributed by atoms with Crippen LogP contribution in [0.4, 0.5) is 14.9 Å². The summed E-state index contributed by atoms with van der Waals surface area (Å²) in [6.07, 6.45) is 8.74. The van der Waals surface area contributed by atoms with Crippen molar-refractivity contribution in [2.45, 2.75) is 37.7 Å². The van der Waals surface area contributed by atoms with Crippen LogP contribution in [-0.4, -0.2) is 56.3 Å². The average Bonchev–Trinajstić information content (AvgIpc) is 3.30. The largest absolute Gasteiger partial charge is 0.375 e. The van der Waals surface area contributed by atoms with Crippen LogP contribution in [0, 0.1) is 11.7 Å². The maximum Gasteiger partial charge on any atom is 0.321 e. The third-order valence-corrected chi connectivity index (χ3v) is 6.40. The highest BCUT2D eigenvalue weighted by molar-refractivity contribution is 5.89. The number of para-hydroxylation sites is 1. The van der Waals surface area contributed by atoms with Crippen LogP contribution in [0.25, 0.3) is 11.5 Å². The Labute approximate surface area is 190 Å². The monoisotopic (exact) mass is 452 g/mol. The lowest BCUT2D eigenvalue weighted by atomic mass is 9.78. The summed E-state index contributed by atoms with van der Waals surface area (Å²) in [4.78, 5) is 27.0. The molecule has 2 fully saturated rings. The minimum Gasteiger partial charge on any atom is -0.375 e. The standard InChI is InChI=1S/C23H25FN6O3/c24-17-3-1-2-4-18(17)27-22(31)30-10-6-23(7-11-30)14-16(5-12-32-23)13-20-28-21(29-33-20)19-15-25-8-9-26-19/h1-4,8-9,15-16H,5-7,10-14H2,(H,27,31). The first-order valence-electron chi connectivity index (χ1n) is 11.1. The van der Waals surface area contributed by atoms with Crippen molar-refractivity contribution in [2.75, 3.05) is 25.0 Å². The summed E-state index contributed by atoms with van der Waals surface area (Å²) in [7, 11) is 0. The van der Waals surface area contributed by atoms with Gasteiger partial charge in [0, 0.05) is 38.5 Å². The molecule has 5 rings (SSSR count). The SMILES string of the molecule is O=C(Nc1ccccc1F)N1CCC2(CC1)CC(Cc1nc(-c3cnccn3)no1)CCO2. The number of hydrogen-bond acceptors (Lipinski definition) is 7. The lowest BCUT2D eigenvalue weighted by Gasteiger charge is -2.46. The summed E-state index contributed by atoms with van der Waals surface area (Å²) in [5.41, 5.74) is 0.514. The molecule has 1 N–H and O–H groups in total.